The summed E-state index contributed by atoms with van der Waals surface area (Å²) >= 11 is 0. The summed E-state index contributed by atoms with van der Waals surface area (Å²) < 4.78 is 0. The Morgan fingerprint density at radius 1 is 0.923 bits per heavy atom. The van der Waals surface area contributed by atoms with Crippen LogP contribution < -0.4 is 10.2 Å². The summed E-state index contributed by atoms with van der Waals surface area (Å²) in [5.41, 5.74) is 0.697. The van der Waals surface area contributed by atoms with Gasteiger partial charge in [-0.05, 0) is 68.0 Å². The number of unbranched alkanes of at least 4 members (excludes halogenated alkanes) is 1. The molecule has 0 unspecified atom stereocenters. The van der Waals surface area contributed by atoms with Crippen LogP contribution in [0.5, 0.6) is 5.75 Å². The summed E-state index contributed by atoms with van der Waals surface area (Å²) in [5.74, 6) is 1.02. The lowest BCUT2D eigenvalue weighted by molar-refractivity contribution is -0.153. The van der Waals surface area contributed by atoms with E-state index in [-0.39, 0.29) is 28.9 Å². The lowest BCUT2D eigenvalue weighted by Crippen LogP contribution is -2.48. The molecule has 0 bridgehead atoms. The zero-order valence-corrected chi connectivity index (χ0v) is 22.8. The van der Waals surface area contributed by atoms with Gasteiger partial charge in [-0.25, -0.2) is 9.97 Å². The number of nitrogens with one attached hydrogen (secondary N) is 1. The van der Waals surface area contributed by atoms with Gasteiger partial charge in [0, 0.05) is 70.6 Å². The Morgan fingerprint density at radius 3 is 2.10 bits per heavy atom. The Morgan fingerprint density at radius 2 is 1.51 bits per heavy atom. The summed E-state index contributed by atoms with van der Waals surface area (Å²) in [6.45, 7) is 6.93. The van der Waals surface area contributed by atoms with Gasteiger partial charge in [0.15, 0.2) is 0 Å². The van der Waals surface area contributed by atoms with E-state index in [0.29, 0.717) is 25.1 Å². The number of anilines is 2. The van der Waals surface area contributed by atoms with Gasteiger partial charge in [0.1, 0.15) is 5.75 Å². The van der Waals surface area contributed by atoms with Gasteiger partial charge in [0.2, 0.25) is 23.7 Å². The van der Waals surface area contributed by atoms with Crippen LogP contribution in [0.15, 0.2) is 42.7 Å². The van der Waals surface area contributed by atoms with Crippen LogP contribution >= 0.6 is 0 Å². The fourth-order valence-electron chi connectivity index (χ4n) is 5.74. The van der Waals surface area contributed by atoms with Crippen LogP contribution in [-0.2, 0) is 14.4 Å². The number of carbonyl (C=O) groups excluding carboxylic acids is 3. The first-order valence-corrected chi connectivity index (χ1v) is 14.0. The van der Waals surface area contributed by atoms with Crippen LogP contribution in [0.1, 0.15) is 58.3 Å². The number of phenols is 1. The molecule has 10 heteroatoms. The molecule has 2 aromatic rings. The molecule has 210 valence electrons. The largest absolute Gasteiger partial charge is 0.508 e. The lowest BCUT2D eigenvalue weighted by Gasteiger charge is -2.37. The van der Waals surface area contributed by atoms with Gasteiger partial charge in [0.05, 0.1) is 0 Å². The third-order valence-corrected chi connectivity index (χ3v) is 7.82. The second-order valence-corrected chi connectivity index (χ2v) is 10.8. The van der Waals surface area contributed by atoms with Crippen LogP contribution in [0.25, 0.3) is 0 Å². The van der Waals surface area contributed by atoms with E-state index in [9.17, 15) is 14.4 Å². The second-order valence-electron chi connectivity index (χ2n) is 10.8. The molecule has 1 aromatic heterocycles. The molecule has 3 heterocycles. The third-order valence-electron chi connectivity index (χ3n) is 7.82. The number of piperazine rings is 1. The lowest BCUT2D eigenvalue weighted by atomic mass is 9.76. The van der Waals surface area contributed by atoms with Gasteiger partial charge in [-0.1, -0.05) is 12.8 Å². The minimum absolute atomic E-state index is 0.00676. The standard InChI is InChI=1S/C21H31N5O2.C8H9NO2/c27-18-16-21(6-1-2-7-21)17-19(28)26(18)11-4-3-10-24-12-14-25(15-13-24)20-22-8-5-9-23-20;1-6(10)9-7-2-4-8(11)5-3-7/h5,8-9H,1-4,6-7,10-17H2;2-5,11H,1H3,(H,9,10). The number of aromatic nitrogens is 2. The summed E-state index contributed by atoms with van der Waals surface area (Å²) in [6.07, 6.45) is 11.1. The quantitative estimate of drug-likeness (QED) is 0.314. The van der Waals surface area contributed by atoms with Crippen molar-refractivity contribution in [3.63, 3.8) is 0 Å². The number of phenolic OH excluding ortho intramolecular Hbond substituents is 1. The minimum atomic E-state index is -0.115. The number of likely N-dealkylation sites (tertiary alicyclic amines) is 1. The fourth-order valence-corrected chi connectivity index (χ4v) is 5.74. The topological polar surface area (TPSA) is 119 Å². The highest BCUT2D eigenvalue weighted by molar-refractivity contribution is 5.98. The highest BCUT2D eigenvalue weighted by Gasteiger charge is 2.44. The predicted molar refractivity (Wildman–Crippen MR) is 149 cm³/mol. The Bertz CT molecular complexity index is 1080. The molecule has 3 aliphatic rings. The molecule has 1 spiro atoms. The number of amides is 3. The summed E-state index contributed by atoms with van der Waals surface area (Å²) in [7, 11) is 0. The molecule has 3 amide bonds. The minimum Gasteiger partial charge on any atom is -0.508 e. The molecule has 10 nitrogen and oxygen atoms in total. The van der Waals surface area contributed by atoms with E-state index in [2.05, 4.69) is 25.1 Å². The smallest absolute Gasteiger partial charge is 0.229 e. The predicted octanol–water partition coefficient (Wildman–Crippen LogP) is 3.44. The van der Waals surface area contributed by atoms with Crippen molar-refractivity contribution in [2.75, 3.05) is 49.5 Å². The number of rotatable bonds is 7. The molecule has 3 fully saturated rings. The van der Waals surface area contributed by atoms with Crippen molar-refractivity contribution in [1.82, 2.24) is 19.8 Å². The molecule has 5 rings (SSSR count). The number of piperidine rings is 1. The van der Waals surface area contributed by atoms with Crippen molar-refractivity contribution in [2.45, 2.75) is 58.3 Å². The Labute approximate surface area is 230 Å². The first-order chi connectivity index (χ1) is 18.8. The first kappa shape index (κ1) is 28.5. The Balaban J connectivity index is 0.000000270. The van der Waals surface area contributed by atoms with Crippen LogP contribution in [0.3, 0.4) is 0 Å². The number of hydrogen-bond donors (Lipinski definition) is 2. The molecule has 2 saturated heterocycles. The monoisotopic (exact) mass is 536 g/mol. The van der Waals surface area contributed by atoms with Crippen molar-refractivity contribution in [3.05, 3.63) is 42.7 Å². The van der Waals surface area contributed by atoms with Crippen molar-refractivity contribution < 1.29 is 19.5 Å². The molecule has 1 saturated carbocycles. The highest BCUT2D eigenvalue weighted by atomic mass is 16.3. The zero-order valence-electron chi connectivity index (χ0n) is 22.8. The van der Waals surface area contributed by atoms with E-state index in [4.69, 9.17) is 5.11 Å². The fraction of sp³-hybridized carbons (Fsp3) is 0.552. The molecule has 0 radical (unpaired) electrons. The number of imide groups is 1. The molecule has 2 aliphatic heterocycles. The average molecular weight is 537 g/mol. The highest BCUT2D eigenvalue weighted by Crippen LogP contribution is 2.46. The summed E-state index contributed by atoms with van der Waals surface area (Å²) in [6, 6.07) is 8.15. The van der Waals surface area contributed by atoms with Crippen LogP contribution in [0, 0.1) is 5.41 Å². The van der Waals surface area contributed by atoms with E-state index >= 15 is 0 Å². The maximum atomic E-state index is 12.5. The average Bonchev–Trinajstić information content (AvgIpc) is 3.37. The van der Waals surface area contributed by atoms with Crippen molar-refractivity contribution >= 4 is 29.4 Å². The molecular formula is C29H40N6O4. The first-order valence-electron chi connectivity index (χ1n) is 14.0. The van der Waals surface area contributed by atoms with Gasteiger partial charge < -0.3 is 15.3 Å². The summed E-state index contributed by atoms with van der Waals surface area (Å²) in [4.78, 5) is 50.4. The number of aromatic hydroxyl groups is 1. The normalized spacial score (nSPS) is 19.1. The third kappa shape index (κ3) is 8.23. The van der Waals surface area contributed by atoms with Crippen LogP contribution in [-0.4, -0.2) is 81.9 Å². The van der Waals surface area contributed by atoms with E-state index in [0.717, 1.165) is 64.4 Å². The van der Waals surface area contributed by atoms with Crippen molar-refractivity contribution in [2.24, 2.45) is 5.41 Å². The zero-order chi connectivity index (χ0) is 27.7. The molecule has 1 aromatic carbocycles. The van der Waals surface area contributed by atoms with E-state index < -0.39 is 0 Å². The van der Waals surface area contributed by atoms with Crippen molar-refractivity contribution in [3.8, 4) is 5.75 Å². The maximum Gasteiger partial charge on any atom is 0.229 e. The van der Waals surface area contributed by atoms with Gasteiger partial charge in [-0.2, -0.15) is 0 Å². The van der Waals surface area contributed by atoms with E-state index in [1.54, 1.807) is 24.5 Å². The van der Waals surface area contributed by atoms with Crippen LogP contribution in [0.2, 0.25) is 0 Å². The van der Waals surface area contributed by atoms with Gasteiger partial charge in [0.25, 0.3) is 0 Å². The Kier molecular flexibility index (Phi) is 9.86. The van der Waals surface area contributed by atoms with Crippen LogP contribution in [0.4, 0.5) is 11.6 Å². The number of benzene rings is 1. The maximum absolute atomic E-state index is 12.5. The number of nitrogens with zero attached hydrogens (tertiary/aromatic N) is 5. The van der Waals surface area contributed by atoms with E-state index in [1.165, 1.54) is 36.8 Å². The van der Waals surface area contributed by atoms with Gasteiger partial charge >= 0.3 is 0 Å². The molecule has 0 atom stereocenters. The van der Waals surface area contributed by atoms with Gasteiger partial charge in [-0.15, -0.1) is 0 Å². The summed E-state index contributed by atoms with van der Waals surface area (Å²) in [5, 5.41) is 11.5. The molecule has 39 heavy (non-hydrogen) atoms. The SMILES string of the molecule is CC(=O)Nc1ccc(O)cc1.O=C1CC2(CCCC2)CC(=O)N1CCCCN1CCN(c2ncccn2)CC1. The molecule has 1 aliphatic carbocycles. The Hall–Kier alpha value is -3.53. The number of hydrogen-bond acceptors (Lipinski definition) is 8. The van der Waals surface area contributed by atoms with E-state index in [1.807, 2.05) is 6.07 Å². The molecule has 2 N–H and O–H groups in total. The number of carbonyl (C=O) groups is 3. The van der Waals surface area contributed by atoms with Gasteiger partial charge in [-0.3, -0.25) is 24.2 Å². The molecular weight excluding hydrogens is 496 g/mol. The second kappa shape index (κ2) is 13.5. The van der Waals surface area contributed by atoms with Crippen molar-refractivity contribution in [1.29, 1.82) is 0 Å².